The zero-order chi connectivity index (χ0) is 18.4. The van der Waals surface area contributed by atoms with E-state index in [-0.39, 0.29) is 18.7 Å². The Hall–Kier alpha value is -2.45. The minimum Gasteiger partial charge on any atom is -0.395 e. The van der Waals surface area contributed by atoms with Crippen LogP contribution in [0.2, 0.25) is 0 Å². The van der Waals surface area contributed by atoms with Crippen molar-refractivity contribution in [2.24, 2.45) is 0 Å². The van der Waals surface area contributed by atoms with Gasteiger partial charge in [0.2, 0.25) is 0 Å². The fourth-order valence-corrected chi connectivity index (χ4v) is 3.26. The van der Waals surface area contributed by atoms with Gasteiger partial charge in [0, 0.05) is 30.4 Å². The molecule has 8 nitrogen and oxygen atoms in total. The number of aliphatic hydroxyl groups excluding tert-OH is 1. The Morgan fingerprint density at radius 1 is 1.42 bits per heavy atom. The maximum absolute atomic E-state index is 12.1. The van der Waals surface area contributed by atoms with Crippen molar-refractivity contribution < 1.29 is 9.90 Å². The molecule has 1 atom stereocenters. The van der Waals surface area contributed by atoms with E-state index in [4.69, 9.17) is 0 Å². The van der Waals surface area contributed by atoms with Crippen LogP contribution in [0, 0.1) is 6.92 Å². The number of piperidine rings is 1. The van der Waals surface area contributed by atoms with Crippen molar-refractivity contribution in [3.8, 4) is 11.4 Å². The van der Waals surface area contributed by atoms with E-state index in [1.54, 1.807) is 0 Å². The SMILES string of the molecule is Cc1nc(-c2cccc(NC(=O)NCCN3CCCC[C@@H]3CO)c2)n[nH]1. The summed E-state index contributed by atoms with van der Waals surface area (Å²) in [4.78, 5) is 18.7. The molecular weight excluding hydrogens is 332 g/mol. The quantitative estimate of drug-likeness (QED) is 0.629. The molecule has 2 heterocycles. The van der Waals surface area contributed by atoms with E-state index in [2.05, 4.69) is 30.7 Å². The lowest BCUT2D eigenvalue weighted by molar-refractivity contribution is 0.0917. The van der Waals surface area contributed by atoms with E-state index in [1.807, 2.05) is 31.2 Å². The van der Waals surface area contributed by atoms with Crippen LogP contribution in [0.5, 0.6) is 0 Å². The molecule has 26 heavy (non-hydrogen) atoms. The van der Waals surface area contributed by atoms with Gasteiger partial charge < -0.3 is 15.7 Å². The highest BCUT2D eigenvalue weighted by Gasteiger charge is 2.21. The van der Waals surface area contributed by atoms with Crippen molar-refractivity contribution in [3.05, 3.63) is 30.1 Å². The molecule has 0 aliphatic carbocycles. The summed E-state index contributed by atoms with van der Waals surface area (Å²) in [6.45, 7) is 4.29. The third kappa shape index (κ3) is 4.80. The zero-order valence-corrected chi connectivity index (χ0v) is 15.0. The number of urea groups is 1. The van der Waals surface area contributed by atoms with Crippen LogP contribution < -0.4 is 10.6 Å². The molecular formula is C18H26N6O2. The third-order valence-electron chi connectivity index (χ3n) is 4.62. The predicted octanol–water partition coefficient (Wildman–Crippen LogP) is 1.75. The van der Waals surface area contributed by atoms with Gasteiger partial charge in [-0.1, -0.05) is 18.6 Å². The van der Waals surface area contributed by atoms with Gasteiger partial charge in [-0.2, -0.15) is 5.10 Å². The molecule has 1 aliphatic heterocycles. The summed E-state index contributed by atoms with van der Waals surface area (Å²) in [5.41, 5.74) is 1.53. The van der Waals surface area contributed by atoms with E-state index >= 15 is 0 Å². The number of rotatable bonds is 6. The molecule has 2 aromatic rings. The molecule has 0 saturated carbocycles. The lowest BCUT2D eigenvalue weighted by atomic mass is 10.0. The number of anilines is 1. The molecule has 0 spiro atoms. The first-order valence-corrected chi connectivity index (χ1v) is 9.05. The number of likely N-dealkylation sites (tertiary alicyclic amines) is 1. The summed E-state index contributed by atoms with van der Waals surface area (Å²) in [6.07, 6.45) is 3.34. The minimum atomic E-state index is -0.245. The smallest absolute Gasteiger partial charge is 0.319 e. The second kappa shape index (κ2) is 8.77. The first-order chi connectivity index (χ1) is 12.7. The Balaban J connectivity index is 1.49. The topological polar surface area (TPSA) is 106 Å². The van der Waals surface area contributed by atoms with E-state index in [1.165, 1.54) is 0 Å². The van der Waals surface area contributed by atoms with Crippen LogP contribution in [0.4, 0.5) is 10.5 Å². The highest BCUT2D eigenvalue weighted by molar-refractivity contribution is 5.89. The molecule has 1 saturated heterocycles. The third-order valence-corrected chi connectivity index (χ3v) is 4.62. The number of aromatic amines is 1. The summed E-state index contributed by atoms with van der Waals surface area (Å²) in [5.74, 6) is 1.35. The molecule has 3 rings (SSSR count). The van der Waals surface area contributed by atoms with Gasteiger partial charge in [-0.3, -0.25) is 10.00 Å². The van der Waals surface area contributed by atoms with Crippen LogP contribution >= 0.6 is 0 Å². The molecule has 1 aromatic carbocycles. The average molecular weight is 358 g/mol. The molecule has 0 bridgehead atoms. The van der Waals surface area contributed by atoms with E-state index in [0.717, 1.165) is 43.7 Å². The standard InChI is InChI=1S/C18H26N6O2/c1-13-20-17(23-22-13)14-5-4-6-15(11-14)21-18(26)19-8-10-24-9-3-2-7-16(24)12-25/h4-6,11,16,25H,2-3,7-10,12H2,1H3,(H2,19,21,26)(H,20,22,23)/t16-/m1/s1. The lowest BCUT2D eigenvalue weighted by Crippen LogP contribution is -2.46. The number of hydrogen-bond donors (Lipinski definition) is 4. The maximum atomic E-state index is 12.1. The number of aliphatic hydroxyl groups is 1. The molecule has 140 valence electrons. The minimum absolute atomic E-state index is 0.180. The number of aryl methyl sites for hydroxylation is 1. The van der Waals surface area contributed by atoms with Gasteiger partial charge >= 0.3 is 6.03 Å². The normalized spacial score (nSPS) is 17.8. The molecule has 2 amide bonds. The Morgan fingerprint density at radius 3 is 3.08 bits per heavy atom. The second-order valence-electron chi connectivity index (χ2n) is 6.57. The van der Waals surface area contributed by atoms with Crippen LogP contribution in [-0.4, -0.2) is 63.5 Å². The Labute approximate surface area is 153 Å². The van der Waals surface area contributed by atoms with Crippen LogP contribution in [-0.2, 0) is 0 Å². The summed E-state index contributed by atoms with van der Waals surface area (Å²) >= 11 is 0. The first-order valence-electron chi connectivity index (χ1n) is 9.05. The molecule has 1 aliphatic rings. The summed E-state index contributed by atoms with van der Waals surface area (Å²) in [7, 11) is 0. The van der Waals surface area contributed by atoms with Gasteiger partial charge in [0.15, 0.2) is 5.82 Å². The number of hydrogen-bond acceptors (Lipinski definition) is 5. The highest BCUT2D eigenvalue weighted by atomic mass is 16.3. The molecule has 1 fully saturated rings. The van der Waals surface area contributed by atoms with Gasteiger partial charge in [0.25, 0.3) is 0 Å². The summed E-state index contributed by atoms with van der Waals surface area (Å²) < 4.78 is 0. The number of amides is 2. The van der Waals surface area contributed by atoms with Crippen molar-refractivity contribution in [1.29, 1.82) is 0 Å². The molecule has 0 radical (unpaired) electrons. The van der Waals surface area contributed by atoms with Gasteiger partial charge in [-0.05, 0) is 38.4 Å². The first kappa shape index (κ1) is 18.3. The van der Waals surface area contributed by atoms with Crippen LogP contribution in [0.1, 0.15) is 25.1 Å². The molecule has 1 aromatic heterocycles. The van der Waals surface area contributed by atoms with Crippen LogP contribution in [0.25, 0.3) is 11.4 Å². The molecule has 4 N–H and O–H groups in total. The number of carbonyl (C=O) groups excluding carboxylic acids is 1. The number of H-pyrrole nitrogens is 1. The van der Waals surface area contributed by atoms with Gasteiger partial charge in [0.1, 0.15) is 5.82 Å². The highest BCUT2D eigenvalue weighted by Crippen LogP contribution is 2.19. The Morgan fingerprint density at radius 2 is 2.31 bits per heavy atom. The predicted molar refractivity (Wildman–Crippen MR) is 99.9 cm³/mol. The zero-order valence-electron chi connectivity index (χ0n) is 15.0. The van der Waals surface area contributed by atoms with Crippen molar-refractivity contribution in [2.75, 3.05) is 31.6 Å². The molecule has 0 unspecified atom stereocenters. The molecule has 8 heteroatoms. The number of nitrogens with one attached hydrogen (secondary N) is 3. The van der Waals surface area contributed by atoms with E-state index in [9.17, 15) is 9.90 Å². The summed E-state index contributed by atoms with van der Waals surface area (Å²) in [6, 6.07) is 7.40. The van der Waals surface area contributed by atoms with E-state index in [0.29, 0.717) is 18.1 Å². The second-order valence-corrected chi connectivity index (χ2v) is 6.57. The van der Waals surface area contributed by atoms with Crippen LogP contribution in [0.3, 0.4) is 0 Å². The Bertz CT molecular complexity index is 732. The van der Waals surface area contributed by atoms with Gasteiger partial charge in [-0.15, -0.1) is 0 Å². The number of nitrogens with zero attached hydrogens (tertiary/aromatic N) is 3. The summed E-state index contributed by atoms with van der Waals surface area (Å²) in [5, 5.41) is 22.1. The maximum Gasteiger partial charge on any atom is 0.319 e. The number of aromatic nitrogens is 3. The van der Waals surface area contributed by atoms with Crippen molar-refractivity contribution >= 4 is 11.7 Å². The van der Waals surface area contributed by atoms with Crippen molar-refractivity contribution in [2.45, 2.75) is 32.2 Å². The fraction of sp³-hybridized carbons (Fsp3) is 0.500. The largest absolute Gasteiger partial charge is 0.395 e. The average Bonchev–Trinajstić information content (AvgIpc) is 3.09. The van der Waals surface area contributed by atoms with Gasteiger partial charge in [0.05, 0.1) is 6.61 Å². The lowest BCUT2D eigenvalue weighted by Gasteiger charge is -2.34. The van der Waals surface area contributed by atoms with Crippen LogP contribution in [0.15, 0.2) is 24.3 Å². The van der Waals surface area contributed by atoms with Crippen molar-refractivity contribution in [3.63, 3.8) is 0 Å². The van der Waals surface area contributed by atoms with Gasteiger partial charge in [-0.25, -0.2) is 9.78 Å². The monoisotopic (exact) mass is 358 g/mol. The Kier molecular flexibility index (Phi) is 6.19. The van der Waals surface area contributed by atoms with E-state index < -0.39 is 0 Å². The van der Waals surface area contributed by atoms with Crippen molar-refractivity contribution in [1.82, 2.24) is 25.4 Å². The number of benzene rings is 1. The number of carbonyl (C=O) groups is 1. The fourth-order valence-electron chi connectivity index (χ4n) is 3.26.